The van der Waals surface area contributed by atoms with Crippen LogP contribution in [0.1, 0.15) is 25.3 Å². The van der Waals surface area contributed by atoms with Crippen LogP contribution < -0.4 is 14.4 Å². The molecule has 0 N–H and O–H groups in total. The third-order valence-electron chi connectivity index (χ3n) is 5.38. The number of hydrogen-bond acceptors (Lipinski definition) is 4. The molecule has 0 unspecified atom stereocenters. The first kappa shape index (κ1) is 18.7. The number of benzene rings is 2. The van der Waals surface area contributed by atoms with Crippen molar-refractivity contribution in [1.29, 1.82) is 0 Å². The van der Waals surface area contributed by atoms with Gasteiger partial charge in [-0.2, -0.15) is 0 Å². The van der Waals surface area contributed by atoms with E-state index in [1.165, 1.54) is 17.7 Å². The zero-order chi connectivity index (χ0) is 19.5. The summed E-state index contributed by atoms with van der Waals surface area (Å²) in [7, 11) is 0. The molecule has 5 nitrogen and oxygen atoms in total. The minimum Gasteiger partial charge on any atom is -0.486 e. The Morgan fingerprint density at radius 2 is 1.75 bits per heavy atom. The molecule has 1 saturated heterocycles. The fourth-order valence-electron chi connectivity index (χ4n) is 4.03. The zero-order valence-electron chi connectivity index (χ0n) is 16.1. The van der Waals surface area contributed by atoms with Crippen LogP contribution in [0.4, 0.5) is 10.1 Å². The summed E-state index contributed by atoms with van der Waals surface area (Å²) in [5.41, 5.74) is 1.96. The Bertz CT molecular complexity index is 832. The lowest BCUT2D eigenvalue weighted by molar-refractivity contribution is -0.117. The average molecular weight is 384 g/mol. The lowest BCUT2D eigenvalue weighted by Crippen LogP contribution is -2.46. The molecule has 2 heterocycles. The molecule has 2 aliphatic rings. The Kier molecular flexibility index (Phi) is 5.48. The number of likely N-dealkylation sites (tertiary alicyclic amines) is 1. The summed E-state index contributed by atoms with van der Waals surface area (Å²) in [6, 6.07) is 12.4. The number of carbonyl (C=O) groups is 1. The molecule has 28 heavy (non-hydrogen) atoms. The fraction of sp³-hybridized carbons (Fsp3) is 0.409. The summed E-state index contributed by atoms with van der Waals surface area (Å²) in [5.74, 6) is 1.33. The van der Waals surface area contributed by atoms with Crippen molar-refractivity contribution < 1.29 is 18.7 Å². The highest BCUT2D eigenvalue weighted by Crippen LogP contribution is 2.32. The van der Waals surface area contributed by atoms with Gasteiger partial charge in [0.1, 0.15) is 19.0 Å². The monoisotopic (exact) mass is 384 g/mol. The van der Waals surface area contributed by atoms with Crippen molar-refractivity contribution in [3.8, 4) is 11.5 Å². The van der Waals surface area contributed by atoms with Gasteiger partial charge in [-0.25, -0.2) is 4.39 Å². The van der Waals surface area contributed by atoms with Gasteiger partial charge in [0.05, 0.1) is 0 Å². The second-order valence-corrected chi connectivity index (χ2v) is 7.35. The van der Waals surface area contributed by atoms with E-state index in [4.69, 9.17) is 9.47 Å². The van der Waals surface area contributed by atoms with Crippen LogP contribution >= 0.6 is 0 Å². The third-order valence-corrected chi connectivity index (χ3v) is 5.38. The summed E-state index contributed by atoms with van der Waals surface area (Å²) in [4.78, 5) is 16.4. The Labute approximate surface area is 164 Å². The van der Waals surface area contributed by atoms with Crippen LogP contribution in [-0.2, 0) is 11.3 Å². The highest BCUT2D eigenvalue weighted by Gasteiger charge is 2.27. The van der Waals surface area contributed by atoms with Crippen LogP contribution in [0, 0.1) is 5.82 Å². The van der Waals surface area contributed by atoms with E-state index in [1.54, 1.807) is 24.0 Å². The van der Waals surface area contributed by atoms with Crippen molar-refractivity contribution in [3.63, 3.8) is 0 Å². The minimum absolute atomic E-state index is 0.00288. The summed E-state index contributed by atoms with van der Waals surface area (Å²) in [6.45, 7) is 5.42. The highest BCUT2D eigenvalue weighted by atomic mass is 19.1. The number of ether oxygens (including phenoxy) is 2. The SMILES string of the molecule is CC(=O)N(c1ccc(F)cc1)C1CCN(Cc2ccc3c(c2)OCCO3)CC1. The van der Waals surface area contributed by atoms with Gasteiger partial charge in [0.25, 0.3) is 0 Å². The summed E-state index contributed by atoms with van der Waals surface area (Å²) in [5, 5.41) is 0. The topological polar surface area (TPSA) is 42.0 Å². The van der Waals surface area contributed by atoms with Crippen molar-refractivity contribution in [1.82, 2.24) is 4.90 Å². The predicted octanol–water partition coefficient (Wildman–Crippen LogP) is 3.61. The first-order valence-electron chi connectivity index (χ1n) is 9.76. The van der Waals surface area contributed by atoms with E-state index in [0.717, 1.165) is 49.7 Å². The molecule has 2 aromatic carbocycles. The summed E-state index contributed by atoms with van der Waals surface area (Å²) in [6.07, 6.45) is 1.78. The van der Waals surface area contributed by atoms with Crippen molar-refractivity contribution in [3.05, 3.63) is 53.8 Å². The molecular weight excluding hydrogens is 359 g/mol. The van der Waals surface area contributed by atoms with Crippen LogP contribution in [0.15, 0.2) is 42.5 Å². The van der Waals surface area contributed by atoms with Gasteiger partial charge in [-0.3, -0.25) is 9.69 Å². The zero-order valence-corrected chi connectivity index (χ0v) is 16.1. The number of fused-ring (bicyclic) bond motifs is 1. The van der Waals surface area contributed by atoms with Crippen molar-refractivity contribution in [2.45, 2.75) is 32.4 Å². The lowest BCUT2D eigenvalue weighted by Gasteiger charge is -2.38. The second-order valence-electron chi connectivity index (χ2n) is 7.35. The molecule has 1 fully saturated rings. The molecule has 0 bridgehead atoms. The standard InChI is InChI=1S/C22H25FN2O3/c1-16(26)25(19-5-3-18(23)4-6-19)20-8-10-24(11-9-20)15-17-2-7-21-22(14-17)28-13-12-27-21/h2-7,14,20H,8-13,15H2,1H3. The van der Waals surface area contributed by atoms with Gasteiger partial charge in [-0.1, -0.05) is 6.07 Å². The molecule has 6 heteroatoms. The van der Waals surface area contributed by atoms with Gasteiger partial charge < -0.3 is 14.4 Å². The number of hydrogen-bond donors (Lipinski definition) is 0. The number of amides is 1. The number of nitrogens with zero attached hydrogens (tertiary/aromatic N) is 2. The van der Waals surface area contributed by atoms with Crippen molar-refractivity contribution in [2.75, 3.05) is 31.2 Å². The van der Waals surface area contributed by atoms with E-state index in [2.05, 4.69) is 17.0 Å². The molecule has 0 atom stereocenters. The molecule has 2 aromatic rings. The number of halogens is 1. The largest absolute Gasteiger partial charge is 0.486 e. The van der Waals surface area contributed by atoms with E-state index < -0.39 is 0 Å². The molecule has 148 valence electrons. The van der Waals surface area contributed by atoms with Crippen molar-refractivity contribution in [2.24, 2.45) is 0 Å². The predicted molar refractivity (Wildman–Crippen MR) is 105 cm³/mol. The maximum absolute atomic E-state index is 13.2. The van der Waals surface area contributed by atoms with Gasteiger partial charge in [0.2, 0.25) is 5.91 Å². The maximum atomic E-state index is 13.2. The van der Waals surface area contributed by atoms with Crippen LogP contribution in [0.25, 0.3) is 0 Å². The van der Waals surface area contributed by atoms with Gasteiger partial charge in [-0.15, -0.1) is 0 Å². The number of anilines is 1. The molecule has 0 saturated carbocycles. The molecule has 0 spiro atoms. The quantitative estimate of drug-likeness (QED) is 0.808. The Morgan fingerprint density at radius 1 is 1.07 bits per heavy atom. The van der Waals surface area contributed by atoms with E-state index in [1.807, 2.05) is 6.07 Å². The van der Waals surface area contributed by atoms with Crippen molar-refractivity contribution >= 4 is 11.6 Å². The van der Waals surface area contributed by atoms with E-state index >= 15 is 0 Å². The first-order valence-corrected chi connectivity index (χ1v) is 9.76. The Morgan fingerprint density at radius 3 is 2.43 bits per heavy atom. The smallest absolute Gasteiger partial charge is 0.224 e. The van der Waals surface area contributed by atoms with Gasteiger partial charge in [0, 0.05) is 38.3 Å². The molecule has 4 rings (SSSR count). The lowest BCUT2D eigenvalue weighted by atomic mass is 10.0. The average Bonchev–Trinajstić information content (AvgIpc) is 2.71. The molecular formula is C22H25FN2O3. The molecule has 0 aliphatic carbocycles. The summed E-state index contributed by atoms with van der Waals surface area (Å²) >= 11 is 0. The number of rotatable bonds is 4. The van der Waals surface area contributed by atoms with Crippen LogP contribution in [0.3, 0.4) is 0 Å². The Hall–Kier alpha value is -2.60. The van der Waals surface area contributed by atoms with E-state index in [0.29, 0.717) is 13.2 Å². The fourth-order valence-corrected chi connectivity index (χ4v) is 4.03. The van der Waals surface area contributed by atoms with Gasteiger partial charge in [0.15, 0.2) is 11.5 Å². The second kappa shape index (κ2) is 8.19. The van der Waals surface area contributed by atoms with Crippen LogP contribution in [0.5, 0.6) is 11.5 Å². The number of piperidine rings is 1. The normalized spacial score (nSPS) is 17.4. The highest BCUT2D eigenvalue weighted by molar-refractivity contribution is 5.92. The van der Waals surface area contributed by atoms with Gasteiger partial charge >= 0.3 is 0 Å². The summed E-state index contributed by atoms with van der Waals surface area (Å²) < 4.78 is 24.5. The molecule has 1 amide bonds. The minimum atomic E-state index is -0.290. The molecule has 2 aliphatic heterocycles. The first-order chi connectivity index (χ1) is 13.6. The maximum Gasteiger partial charge on any atom is 0.224 e. The van der Waals surface area contributed by atoms with Crippen LogP contribution in [0.2, 0.25) is 0 Å². The molecule has 0 radical (unpaired) electrons. The van der Waals surface area contributed by atoms with E-state index in [9.17, 15) is 9.18 Å². The third kappa shape index (κ3) is 4.12. The molecule has 0 aromatic heterocycles. The number of carbonyl (C=O) groups excluding carboxylic acids is 1. The Balaban J connectivity index is 1.38. The van der Waals surface area contributed by atoms with Crippen LogP contribution in [-0.4, -0.2) is 43.2 Å². The van der Waals surface area contributed by atoms with Gasteiger partial charge in [-0.05, 0) is 54.8 Å². The van der Waals surface area contributed by atoms with E-state index in [-0.39, 0.29) is 17.8 Å².